The van der Waals surface area contributed by atoms with Crippen molar-refractivity contribution < 1.29 is 8.78 Å². The molecule has 0 atom stereocenters. The Morgan fingerprint density at radius 3 is 1.62 bits per heavy atom. The molecule has 0 heterocycles. The van der Waals surface area contributed by atoms with Gasteiger partial charge in [-0.05, 0) is 11.5 Å². The molecule has 0 spiro atoms. The van der Waals surface area contributed by atoms with E-state index in [1.165, 1.54) is 0 Å². The summed E-state index contributed by atoms with van der Waals surface area (Å²) in [6, 6.07) is 0. The summed E-state index contributed by atoms with van der Waals surface area (Å²) in [6.07, 6.45) is -0.662. The first-order chi connectivity index (χ1) is 3.42. The summed E-state index contributed by atoms with van der Waals surface area (Å²) in [4.78, 5) is 0. The van der Waals surface area contributed by atoms with Crippen molar-refractivity contribution in [1.29, 1.82) is 0 Å². The Balaban J connectivity index is 3.89. The van der Waals surface area contributed by atoms with Crippen molar-refractivity contribution in [2.45, 2.75) is 20.8 Å². The van der Waals surface area contributed by atoms with Crippen molar-refractivity contribution >= 4 is 0 Å². The van der Waals surface area contributed by atoms with Gasteiger partial charge in [-0.25, -0.2) is 0 Å². The van der Waals surface area contributed by atoms with Gasteiger partial charge in [0, 0.05) is 0 Å². The minimum Gasteiger partial charge on any atom is -0.174 e. The van der Waals surface area contributed by atoms with Crippen LogP contribution >= 0.6 is 0 Å². The zero-order valence-corrected chi connectivity index (χ0v) is 5.33. The van der Waals surface area contributed by atoms with E-state index in [-0.39, 0.29) is 0 Å². The molecule has 0 aliphatic carbocycles. The quantitative estimate of drug-likeness (QED) is 0.461. The maximum atomic E-state index is 11.4. The SMILES string of the molecule is CC(C)(C)C=C(F)F. The second kappa shape index (κ2) is 2.25. The van der Waals surface area contributed by atoms with E-state index in [1.54, 1.807) is 20.8 Å². The highest BCUT2D eigenvalue weighted by molar-refractivity contribution is 4.91. The molecule has 0 aliphatic rings. The van der Waals surface area contributed by atoms with E-state index >= 15 is 0 Å². The van der Waals surface area contributed by atoms with E-state index in [0.29, 0.717) is 0 Å². The number of hydrogen-bond donors (Lipinski definition) is 0. The summed E-state index contributed by atoms with van der Waals surface area (Å²) < 4.78 is 22.8. The first-order valence-electron chi connectivity index (χ1n) is 2.46. The fourth-order valence-electron chi connectivity index (χ4n) is 0.327. The van der Waals surface area contributed by atoms with Gasteiger partial charge in [0.2, 0.25) is 0 Å². The Morgan fingerprint density at radius 2 is 1.62 bits per heavy atom. The summed E-state index contributed by atoms with van der Waals surface area (Å²) in [5, 5.41) is 0. The molecular weight excluding hydrogens is 110 g/mol. The Kier molecular flexibility index (Phi) is 2.13. The van der Waals surface area contributed by atoms with Crippen molar-refractivity contribution in [2.75, 3.05) is 0 Å². The third-order valence-electron chi connectivity index (χ3n) is 0.542. The molecule has 0 N–H and O–H groups in total. The van der Waals surface area contributed by atoms with Gasteiger partial charge in [-0.1, -0.05) is 20.8 Å². The lowest BCUT2D eigenvalue weighted by atomic mass is 9.97. The first kappa shape index (κ1) is 7.60. The van der Waals surface area contributed by atoms with E-state index in [1.807, 2.05) is 0 Å². The Labute approximate surface area is 48.2 Å². The van der Waals surface area contributed by atoms with E-state index in [2.05, 4.69) is 0 Å². The van der Waals surface area contributed by atoms with Crippen LogP contribution in [0.2, 0.25) is 0 Å². The fraction of sp³-hybridized carbons (Fsp3) is 0.667. The lowest BCUT2D eigenvalue weighted by Gasteiger charge is -2.08. The lowest BCUT2D eigenvalue weighted by Crippen LogP contribution is -1.98. The van der Waals surface area contributed by atoms with Gasteiger partial charge >= 0.3 is 0 Å². The molecule has 0 saturated heterocycles. The van der Waals surface area contributed by atoms with Gasteiger partial charge in [0.05, 0.1) is 0 Å². The Morgan fingerprint density at radius 1 is 1.25 bits per heavy atom. The van der Waals surface area contributed by atoms with Crippen LogP contribution in [0.25, 0.3) is 0 Å². The second-order valence-corrected chi connectivity index (χ2v) is 2.80. The molecule has 2 heteroatoms. The molecule has 0 aliphatic heterocycles. The van der Waals surface area contributed by atoms with Gasteiger partial charge in [-0.15, -0.1) is 0 Å². The summed E-state index contributed by atoms with van der Waals surface area (Å²) in [5.74, 6) is 0. The van der Waals surface area contributed by atoms with Crippen LogP contribution in [0.4, 0.5) is 8.78 Å². The van der Waals surface area contributed by atoms with E-state index in [9.17, 15) is 8.78 Å². The summed E-state index contributed by atoms with van der Waals surface area (Å²) in [6.45, 7) is 5.18. The highest BCUT2D eigenvalue weighted by Crippen LogP contribution is 2.18. The van der Waals surface area contributed by atoms with Crippen LogP contribution in [-0.2, 0) is 0 Å². The molecule has 0 amide bonds. The van der Waals surface area contributed by atoms with Gasteiger partial charge in [-0.3, -0.25) is 0 Å². The molecule has 0 aromatic heterocycles. The molecule has 8 heavy (non-hydrogen) atoms. The smallest absolute Gasteiger partial charge is 0.174 e. The highest BCUT2D eigenvalue weighted by Gasteiger charge is 2.06. The molecule has 0 rings (SSSR count). The van der Waals surface area contributed by atoms with Crippen molar-refractivity contribution in [2.24, 2.45) is 5.41 Å². The van der Waals surface area contributed by atoms with Crippen molar-refractivity contribution in [3.8, 4) is 0 Å². The van der Waals surface area contributed by atoms with E-state index in [0.717, 1.165) is 6.08 Å². The monoisotopic (exact) mass is 120 g/mol. The number of halogens is 2. The lowest BCUT2D eigenvalue weighted by molar-refractivity contribution is 0.393. The van der Waals surface area contributed by atoms with Crippen LogP contribution in [-0.4, -0.2) is 0 Å². The summed E-state index contributed by atoms with van der Waals surface area (Å²) >= 11 is 0. The molecule has 0 saturated carbocycles. The van der Waals surface area contributed by atoms with Gasteiger partial charge in [-0.2, -0.15) is 8.78 Å². The van der Waals surface area contributed by atoms with Crippen LogP contribution in [0, 0.1) is 5.41 Å². The number of allylic oxidation sites excluding steroid dienone is 1. The maximum Gasteiger partial charge on any atom is 0.266 e. The van der Waals surface area contributed by atoms with Crippen molar-refractivity contribution in [3.63, 3.8) is 0 Å². The number of rotatable bonds is 0. The normalized spacial score (nSPS) is 11.1. The third kappa shape index (κ3) is 5.60. The molecule has 0 nitrogen and oxygen atoms in total. The van der Waals surface area contributed by atoms with Gasteiger partial charge in [0.15, 0.2) is 0 Å². The standard InChI is InChI=1S/C6H10F2/c1-6(2,3)4-5(7)8/h4H,1-3H3. The third-order valence-corrected chi connectivity index (χ3v) is 0.542. The molecule has 48 valence electrons. The topological polar surface area (TPSA) is 0 Å². The zero-order valence-electron chi connectivity index (χ0n) is 5.33. The molecule has 0 fully saturated rings. The first-order valence-corrected chi connectivity index (χ1v) is 2.46. The van der Waals surface area contributed by atoms with E-state index < -0.39 is 11.5 Å². The maximum absolute atomic E-state index is 11.4. The van der Waals surface area contributed by atoms with E-state index in [4.69, 9.17) is 0 Å². The Bertz CT molecular complexity index is 93.6. The predicted octanol–water partition coefficient (Wildman–Crippen LogP) is 2.81. The van der Waals surface area contributed by atoms with Crippen LogP contribution in [0.3, 0.4) is 0 Å². The van der Waals surface area contributed by atoms with Gasteiger partial charge in [0.1, 0.15) is 0 Å². The highest BCUT2D eigenvalue weighted by atomic mass is 19.3. The fourth-order valence-corrected chi connectivity index (χ4v) is 0.327. The van der Waals surface area contributed by atoms with Crippen molar-refractivity contribution in [1.82, 2.24) is 0 Å². The largest absolute Gasteiger partial charge is 0.266 e. The van der Waals surface area contributed by atoms with Crippen molar-refractivity contribution in [3.05, 3.63) is 12.2 Å². The van der Waals surface area contributed by atoms with Crippen LogP contribution in [0.1, 0.15) is 20.8 Å². The summed E-state index contributed by atoms with van der Waals surface area (Å²) in [5.41, 5.74) is -0.390. The Hall–Kier alpha value is -0.400. The molecule has 0 unspecified atom stereocenters. The van der Waals surface area contributed by atoms with Crippen LogP contribution in [0.5, 0.6) is 0 Å². The van der Waals surface area contributed by atoms with Crippen LogP contribution in [0.15, 0.2) is 12.2 Å². The molecule has 0 aromatic carbocycles. The summed E-state index contributed by atoms with van der Waals surface area (Å²) in [7, 11) is 0. The van der Waals surface area contributed by atoms with Gasteiger partial charge in [0.25, 0.3) is 6.08 Å². The molecule has 0 aromatic rings. The minimum atomic E-state index is -1.60. The zero-order chi connectivity index (χ0) is 6.78. The average molecular weight is 120 g/mol. The van der Waals surface area contributed by atoms with Gasteiger partial charge < -0.3 is 0 Å². The molecular formula is C6H10F2. The molecule has 0 bridgehead atoms. The minimum absolute atomic E-state index is 0.390. The number of hydrogen-bond acceptors (Lipinski definition) is 0. The molecule has 0 radical (unpaired) electrons. The second-order valence-electron chi connectivity index (χ2n) is 2.80. The average Bonchev–Trinajstić information content (AvgIpc) is 1.21. The predicted molar refractivity (Wildman–Crippen MR) is 29.8 cm³/mol. The van der Waals surface area contributed by atoms with Crippen LogP contribution < -0.4 is 0 Å².